The fourth-order valence-corrected chi connectivity index (χ4v) is 5.51. The van der Waals surface area contributed by atoms with Gasteiger partial charge in [0.15, 0.2) is 6.61 Å². The van der Waals surface area contributed by atoms with E-state index in [-0.39, 0.29) is 35.4 Å². The van der Waals surface area contributed by atoms with Gasteiger partial charge in [-0.15, -0.1) is 0 Å². The summed E-state index contributed by atoms with van der Waals surface area (Å²) in [6.45, 7) is 1.78. The van der Waals surface area contributed by atoms with Crippen LogP contribution in [-0.2, 0) is 32.6 Å². The van der Waals surface area contributed by atoms with Gasteiger partial charge in [0.25, 0.3) is 15.9 Å². The average molecular weight is 650 g/mol. The standard InChI is InChI=1S/C34H36FN3O7S/c1-24(34(40)36-21-20-25-4-12-29(43-2)13-5-25)38(22-26-6-14-30(44-3)15-7-26)33(39)23-45-31-16-18-32(19-17-31)46(41,42)37-28-10-8-27(35)9-11-28/h4-19,24,37H,20-23H2,1-3H3,(H,36,40)/t24-/m1/s1. The van der Waals surface area contributed by atoms with Crippen molar-refractivity contribution in [2.45, 2.75) is 30.8 Å². The Labute approximate surface area is 268 Å². The van der Waals surface area contributed by atoms with Crippen LogP contribution < -0.4 is 24.2 Å². The molecule has 0 unspecified atom stereocenters. The van der Waals surface area contributed by atoms with Crippen LogP contribution in [0.4, 0.5) is 10.1 Å². The molecule has 0 saturated carbocycles. The highest BCUT2D eigenvalue weighted by atomic mass is 32.2. The van der Waals surface area contributed by atoms with Crippen molar-refractivity contribution in [3.8, 4) is 17.2 Å². The fourth-order valence-electron chi connectivity index (χ4n) is 4.46. The summed E-state index contributed by atoms with van der Waals surface area (Å²) in [6, 6.07) is 24.4. The molecule has 4 aromatic carbocycles. The van der Waals surface area contributed by atoms with Gasteiger partial charge in [-0.05, 0) is 97.3 Å². The van der Waals surface area contributed by atoms with Crippen molar-refractivity contribution in [2.75, 3.05) is 32.1 Å². The molecule has 2 N–H and O–H groups in total. The number of amides is 2. The minimum absolute atomic E-state index is 0.0448. The van der Waals surface area contributed by atoms with Gasteiger partial charge in [-0.2, -0.15) is 0 Å². The molecular formula is C34H36FN3O7S. The van der Waals surface area contributed by atoms with Gasteiger partial charge in [-0.1, -0.05) is 24.3 Å². The molecule has 0 radical (unpaired) electrons. The van der Waals surface area contributed by atoms with Crippen LogP contribution in [-0.4, -0.2) is 58.5 Å². The first kappa shape index (κ1) is 33.8. The molecule has 12 heteroatoms. The first-order chi connectivity index (χ1) is 22.1. The smallest absolute Gasteiger partial charge is 0.261 e. The SMILES string of the molecule is COc1ccc(CCNC(=O)[C@@H](C)N(Cc2ccc(OC)cc2)C(=O)COc2ccc(S(=O)(=O)Nc3ccc(F)cc3)cc2)cc1. The lowest BCUT2D eigenvalue weighted by Crippen LogP contribution is -2.49. The summed E-state index contributed by atoms with van der Waals surface area (Å²) in [5.41, 5.74) is 2.02. The lowest BCUT2D eigenvalue weighted by atomic mass is 10.1. The number of carbonyl (C=O) groups is 2. The Morgan fingerprint density at radius 3 is 1.89 bits per heavy atom. The lowest BCUT2D eigenvalue weighted by molar-refractivity contribution is -0.142. The average Bonchev–Trinajstić information content (AvgIpc) is 3.07. The number of ether oxygens (including phenoxy) is 3. The minimum atomic E-state index is -3.94. The third-order valence-electron chi connectivity index (χ3n) is 7.14. The number of hydrogen-bond acceptors (Lipinski definition) is 7. The van der Waals surface area contributed by atoms with E-state index in [4.69, 9.17) is 14.2 Å². The minimum Gasteiger partial charge on any atom is -0.497 e. The molecule has 0 aliphatic carbocycles. The molecule has 1 atom stereocenters. The number of hydrogen-bond donors (Lipinski definition) is 2. The lowest BCUT2D eigenvalue weighted by Gasteiger charge is -2.29. The zero-order valence-electron chi connectivity index (χ0n) is 25.7. The Kier molecular flexibility index (Phi) is 11.6. The van der Waals surface area contributed by atoms with E-state index in [9.17, 15) is 22.4 Å². The summed E-state index contributed by atoms with van der Waals surface area (Å²) < 4.78 is 57.1. The molecule has 0 fully saturated rings. The Morgan fingerprint density at radius 1 is 0.783 bits per heavy atom. The molecule has 0 spiro atoms. The molecule has 0 aromatic heterocycles. The van der Waals surface area contributed by atoms with Crippen LogP contribution in [0.3, 0.4) is 0 Å². The van der Waals surface area contributed by atoms with E-state index < -0.39 is 27.8 Å². The van der Waals surface area contributed by atoms with Gasteiger partial charge in [0, 0.05) is 18.8 Å². The summed E-state index contributed by atoms with van der Waals surface area (Å²) in [6.07, 6.45) is 0.600. The summed E-state index contributed by atoms with van der Waals surface area (Å²) in [7, 11) is -0.781. The van der Waals surface area contributed by atoms with Crippen LogP contribution in [0.1, 0.15) is 18.1 Å². The highest BCUT2D eigenvalue weighted by molar-refractivity contribution is 7.92. The maximum absolute atomic E-state index is 13.5. The topological polar surface area (TPSA) is 123 Å². The van der Waals surface area contributed by atoms with Crippen LogP contribution in [0.15, 0.2) is 102 Å². The Morgan fingerprint density at radius 2 is 1.33 bits per heavy atom. The molecule has 10 nitrogen and oxygen atoms in total. The Hall–Kier alpha value is -5.10. The van der Waals surface area contributed by atoms with Crippen molar-refractivity contribution in [1.29, 1.82) is 0 Å². The molecule has 0 saturated heterocycles. The van der Waals surface area contributed by atoms with Crippen molar-refractivity contribution in [1.82, 2.24) is 10.2 Å². The third-order valence-corrected chi connectivity index (χ3v) is 8.54. The monoisotopic (exact) mass is 649 g/mol. The number of halogens is 1. The van der Waals surface area contributed by atoms with Gasteiger partial charge < -0.3 is 24.4 Å². The maximum atomic E-state index is 13.5. The second kappa shape index (κ2) is 15.8. The van der Waals surface area contributed by atoms with Crippen LogP contribution in [0, 0.1) is 5.82 Å². The number of nitrogens with one attached hydrogen (secondary N) is 2. The number of rotatable bonds is 15. The number of anilines is 1. The molecule has 0 aliphatic heterocycles. The molecule has 46 heavy (non-hydrogen) atoms. The van der Waals surface area contributed by atoms with E-state index in [1.54, 1.807) is 33.3 Å². The van der Waals surface area contributed by atoms with Gasteiger partial charge in [0.1, 0.15) is 29.1 Å². The number of sulfonamides is 1. The zero-order valence-corrected chi connectivity index (χ0v) is 26.6. The largest absolute Gasteiger partial charge is 0.497 e. The quantitative estimate of drug-likeness (QED) is 0.190. The number of benzene rings is 4. The van der Waals surface area contributed by atoms with E-state index >= 15 is 0 Å². The summed E-state index contributed by atoms with van der Waals surface area (Å²) in [5.74, 6) is 0.419. The van der Waals surface area contributed by atoms with E-state index in [0.29, 0.717) is 18.7 Å². The fraction of sp³-hybridized carbons (Fsp3) is 0.235. The normalized spacial score (nSPS) is 11.7. The van der Waals surface area contributed by atoms with E-state index in [1.807, 2.05) is 36.4 Å². The summed E-state index contributed by atoms with van der Waals surface area (Å²) >= 11 is 0. The molecular weight excluding hydrogens is 613 g/mol. The summed E-state index contributed by atoms with van der Waals surface area (Å²) in [4.78, 5) is 28.0. The maximum Gasteiger partial charge on any atom is 0.261 e. The Balaban J connectivity index is 1.39. The van der Waals surface area contributed by atoms with E-state index in [1.165, 1.54) is 41.3 Å². The molecule has 2 amide bonds. The van der Waals surface area contributed by atoms with Gasteiger partial charge in [-0.25, -0.2) is 12.8 Å². The van der Waals surface area contributed by atoms with Gasteiger partial charge in [-0.3, -0.25) is 14.3 Å². The van der Waals surface area contributed by atoms with Crippen molar-refractivity contribution >= 4 is 27.5 Å². The molecule has 0 heterocycles. The van der Waals surface area contributed by atoms with Crippen LogP contribution in [0.25, 0.3) is 0 Å². The van der Waals surface area contributed by atoms with E-state index in [0.717, 1.165) is 29.0 Å². The van der Waals surface area contributed by atoms with Crippen LogP contribution in [0.2, 0.25) is 0 Å². The van der Waals surface area contributed by atoms with Crippen molar-refractivity contribution in [3.05, 3.63) is 114 Å². The Bertz CT molecular complexity index is 1700. The molecule has 4 rings (SSSR count). The van der Waals surface area contributed by atoms with Crippen molar-refractivity contribution in [3.63, 3.8) is 0 Å². The van der Waals surface area contributed by atoms with E-state index in [2.05, 4.69) is 10.0 Å². The third kappa shape index (κ3) is 9.45. The van der Waals surface area contributed by atoms with Gasteiger partial charge >= 0.3 is 0 Å². The zero-order chi connectivity index (χ0) is 33.1. The van der Waals surface area contributed by atoms with Crippen molar-refractivity contribution in [2.24, 2.45) is 0 Å². The predicted molar refractivity (Wildman–Crippen MR) is 172 cm³/mol. The predicted octanol–water partition coefficient (Wildman–Crippen LogP) is 4.80. The second-order valence-electron chi connectivity index (χ2n) is 10.3. The van der Waals surface area contributed by atoms with Crippen LogP contribution in [0.5, 0.6) is 17.2 Å². The molecule has 0 aliphatic rings. The molecule has 0 bridgehead atoms. The van der Waals surface area contributed by atoms with Crippen LogP contribution >= 0.6 is 0 Å². The highest BCUT2D eigenvalue weighted by Crippen LogP contribution is 2.21. The molecule has 4 aromatic rings. The number of carbonyl (C=O) groups excluding carboxylic acids is 2. The van der Waals surface area contributed by atoms with Gasteiger partial charge in [0.05, 0.1) is 19.1 Å². The molecule has 242 valence electrons. The van der Waals surface area contributed by atoms with Crippen molar-refractivity contribution < 1.29 is 36.6 Å². The highest BCUT2D eigenvalue weighted by Gasteiger charge is 2.26. The first-order valence-electron chi connectivity index (χ1n) is 14.4. The number of methoxy groups -OCH3 is 2. The second-order valence-corrected chi connectivity index (χ2v) is 12.0. The van der Waals surface area contributed by atoms with Gasteiger partial charge in [0.2, 0.25) is 5.91 Å². The summed E-state index contributed by atoms with van der Waals surface area (Å²) in [5, 5.41) is 2.91. The number of nitrogens with zero attached hydrogens (tertiary/aromatic N) is 1. The first-order valence-corrected chi connectivity index (χ1v) is 15.9.